The first kappa shape index (κ1) is 12.3. The molecule has 1 aliphatic carbocycles. The van der Waals surface area contributed by atoms with Gasteiger partial charge in [-0.3, -0.25) is 4.90 Å². The van der Waals surface area contributed by atoms with Crippen molar-refractivity contribution in [3.63, 3.8) is 0 Å². The molecule has 16 heavy (non-hydrogen) atoms. The maximum absolute atomic E-state index is 10.1. The van der Waals surface area contributed by atoms with E-state index in [2.05, 4.69) is 11.8 Å². The Hall–Kier alpha value is -0.120. The summed E-state index contributed by atoms with van der Waals surface area (Å²) in [4.78, 5) is 2.42. The Morgan fingerprint density at radius 1 is 1.25 bits per heavy atom. The molecule has 0 aromatic heterocycles. The molecule has 3 nitrogen and oxygen atoms in total. The van der Waals surface area contributed by atoms with Gasteiger partial charge in [-0.1, -0.05) is 19.8 Å². The highest BCUT2D eigenvalue weighted by Gasteiger charge is 2.36. The zero-order chi connectivity index (χ0) is 11.6. The van der Waals surface area contributed by atoms with Crippen molar-refractivity contribution in [2.45, 2.75) is 57.6 Å². The molecule has 1 saturated carbocycles. The number of nitrogens with zero attached hydrogens (tertiary/aromatic N) is 1. The molecular weight excluding hydrogens is 202 g/mol. The number of aliphatic hydroxyl groups is 2. The van der Waals surface area contributed by atoms with Crippen LogP contribution in [-0.2, 0) is 0 Å². The van der Waals surface area contributed by atoms with Crippen LogP contribution in [0.2, 0.25) is 0 Å². The molecule has 3 atom stereocenters. The highest BCUT2D eigenvalue weighted by atomic mass is 16.3. The lowest BCUT2D eigenvalue weighted by Crippen LogP contribution is -2.53. The van der Waals surface area contributed by atoms with Gasteiger partial charge in [0.15, 0.2) is 0 Å². The van der Waals surface area contributed by atoms with Crippen molar-refractivity contribution in [1.29, 1.82) is 0 Å². The van der Waals surface area contributed by atoms with Crippen LogP contribution < -0.4 is 0 Å². The first-order chi connectivity index (χ1) is 7.64. The van der Waals surface area contributed by atoms with E-state index >= 15 is 0 Å². The third-order valence-electron chi connectivity index (χ3n) is 4.36. The lowest BCUT2D eigenvalue weighted by molar-refractivity contribution is -0.0323. The van der Waals surface area contributed by atoms with Gasteiger partial charge in [0.25, 0.3) is 0 Å². The van der Waals surface area contributed by atoms with Crippen molar-refractivity contribution in [1.82, 2.24) is 4.90 Å². The van der Waals surface area contributed by atoms with Crippen LogP contribution in [0, 0.1) is 5.41 Å². The van der Waals surface area contributed by atoms with Gasteiger partial charge in [0.2, 0.25) is 0 Å². The Kier molecular flexibility index (Phi) is 3.88. The van der Waals surface area contributed by atoms with E-state index in [1.165, 1.54) is 12.8 Å². The lowest BCUT2D eigenvalue weighted by atomic mass is 9.80. The van der Waals surface area contributed by atoms with E-state index in [1.54, 1.807) is 0 Å². The Balaban J connectivity index is 1.97. The van der Waals surface area contributed by atoms with Crippen LogP contribution in [0.25, 0.3) is 0 Å². The van der Waals surface area contributed by atoms with Crippen molar-refractivity contribution in [3.05, 3.63) is 0 Å². The summed E-state index contributed by atoms with van der Waals surface area (Å²) in [5.74, 6) is 0. The van der Waals surface area contributed by atoms with Gasteiger partial charge in [-0.15, -0.1) is 0 Å². The number of hydrogen-bond donors (Lipinski definition) is 2. The molecule has 0 aromatic carbocycles. The minimum Gasteiger partial charge on any atom is -0.396 e. The molecule has 3 heteroatoms. The Morgan fingerprint density at radius 2 is 2.00 bits per heavy atom. The third kappa shape index (κ3) is 2.58. The number of rotatable bonds is 2. The molecule has 2 rings (SSSR count). The molecule has 1 heterocycles. The molecule has 0 bridgehead atoms. The molecule has 0 aromatic rings. The van der Waals surface area contributed by atoms with E-state index in [9.17, 15) is 10.2 Å². The van der Waals surface area contributed by atoms with Crippen molar-refractivity contribution in [2.24, 2.45) is 5.41 Å². The predicted octanol–water partition coefficient (Wildman–Crippen LogP) is 1.38. The van der Waals surface area contributed by atoms with E-state index in [4.69, 9.17) is 0 Å². The van der Waals surface area contributed by atoms with Crippen LogP contribution in [0.15, 0.2) is 0 Å². The highest BCUT2D eigenvalue weighted by molar-refractivity contribution is 4.90. The van der Waals surface area contributed by atoms with Crippen molar-refractivity contribution >= 4 is 0 Å². The second kappa shape index (κ2) is 5.03. The SMILES string of the molecule is CC1(CO)CCCN(C2CCCCC2O)C1. The quantitative estimate of drug-likeness (QED) is 0.749. The van der Waals surface area contributed by atoms with Crippen LogP contribution >= 0.6 is 0 Å². The first-order valence-corrected chi connectivity index (χ1v) is 6.68. The average molecular weight is 227 g/mol. The van der Waals surface area contributed by atoms with Crippen molar-refractivity contribution < 1.29 is 10.2 Å². The number of aliphatic hydroxyl groups excluding tert-OH is 2. The molecule has 2 N–H and O–H groups in total. The fourth-order valence-electron chi connectivity index (χ4n) is 3.29. The second-order valence-electron chi connectivity index (χ2n) is 5.96. The molecule has 1 saturated heterocycles. The summed E-state index contributed by atoms with van der Waals surface area (Å²) in [7, 11) is 0. The smallest absolute Gasteiger partial charge is 0.0695 e. The molecule has 2 fully saturated rings. The average Bonchev–Trinajstić information content (AvgIpc) is 2.30. The molecule has 2 aliphatic rings. The summed E-state index contributed by atoms with van der Waals surface area (Å²) in [5, 5.41) is 19.5. The molecule has 3 unspecified atom stereocenters. The van der Waals surface area contributed by atoms with Crippen LogP contribution in [-0.4, -0.2) is 47.0 Å². The minimum atomic E-state index is -0.144. The van der Waals surface area contributed by atoms with Gasteiger partial charge < -0.3 is 10.2 Å². The number of piperidine rings is 1. The summed E-state index contributed by atoms with van der Waals surface area (Å²) in [6.45, 7) is 4.48. The Morgan fingerprint density at radius 3 is 2.69 bits per heavy atom. The van der Waals surface area contributed by atoms with Gasteiger partial charge in [-0.2, -0.15) is 0 Å². The molecule has 0 spiro atoms. The van der Waals surface area contributed by atoms with Crippen LogP contribution in [0.1, 0.15) is 45.4 Å². The minimum absolute atomic E-state index is 0.0510. The van der Waals surface area contributed by atoms with Gasteiger partial charge in [-0.25, -0.2) is 0 Å². The summed E-state index contributed by atoms with van der Waals surface area (Å²) in [6, 6.07) is 0.347. The van der Waals surface area contributed by atoms with Crippen molar-refractivity contribution in [2.75, 3.05) is 19.7 Å². The van der Waals surface area contributed by atoms with Crippen LogP contribution in [0.5, 0.6) is 0 Å². The van der Waals surface area contributed by atoms with Gasteiger partial charge >= 0.3 is 0 Å². The van der Waals surface area contributed by atoms with Gasteiger partial charge in [0.05, 0.1) is 6.10 Å². The second-order valence-corrected chi connectivity index (χ2v) is 5.96. The molecular formula is C13H25NO2. The van der Waals surface area contributed by atoms with E-state index in [0.29, 0.717) is 6.04 Å². The lowest BCUT2D eigenvalue weighted by Gasteiger charge is -2.45. The molecule has 0 amide bonds. The summed E-state index contributed by atoms with van der Waals surface area (Å²) >= 11 is 0. The standard InChI is InChI=1S/C13H25NO2/c1-13(10-15)7-4-8-14(9-13)11-5-2-3-6-12(11)16/h11-12,15-16H,2-10H2,1H3. The van der Waals surface area contributed by atoms with Gasteiger partial charge in [0, 0.05) is 24.6 Å². The topological polar surface area (TPSA) is 43.7 Å². The number of hydrogen-bond acceptors (Lipinski definition) is 3. The fourth-order valence-corrected chi connectivity index (χ4v) is 3.29. The third-order valence-corrected chi connectivity index (χ3v) is 4.36. The Bertz CT molecular complexity index is 234. The maximum Gasteiger partial charge on any atom is 0.0695 e. The Labute approximate surface area is 98.5 Å². The number of likely N-dealkylation sites (tertiary alicyclic amines) is 1. The van der Waals surface area contributed by atoms with E-state index in [1.807, 2.05) is 0 Å². The summed E-state index contributed by atoms with van der Waals surface area (Å²) < 4.78 is 0. The van der Waals surface area contributed by atoms with Crippen LogP contribution in [0.4, 0.5) is 0 Å². The largest absolute Gasteiger partial charge is 0.396 e. The van der Waals surface area contributed by atoms with E-state index < -0.39 is 0 Å². The first-order valence-electron chi connectivity index (χ1n) is 6.68. The monoisotopic (exact) mass is 227 g/mol. The summed E-state index contributed by atoms with van der Waals surface area (Å²) in [6.07, 6.45) is 6.62. The van der Waals surface area contributed by atoms with Crippen LogP contribution in [0.3, 0.4) is 0 Å². The normalized spacial score (nSPS) is 42.2. The zero-order valence-electron chi connectivity index (χ0n) is 10.4. The molecule has 1 aliphatic heterocycles. The predicted molar refractivity (Wildman–Crippen MR) is 64.3 cm³/mol. The summed E-state index contributed by atoms with van der Waals surface area (Å²) in [5.41, 5.74) is 0.0510. The van der Waals surface area contributed by atoms with E-state index in [0.717, 1.165) is 38.8 Å². The van der Waals surface area contributed by atoms with Gasteiger partial charge in [0.1, 0.15) is 0 Å². The highest BCUT2D eigenvalue weighted by Crippen LogP contribution is 2.33. The van der Waals surface area contributed by atoms with E-state index in [-0.39, 0.29) is 18.1 Å². The fraction of sp³-hybridized carbons (Fsp3) is 1.00. The molecule has 94 valence electrons. The van der Waals surface area contributed by atoms with Crippen molar-refractivity contribution in [3.8, 4) is 0 Å². The molecule has 0 radical (unpaired) electrons. The zero-order valence-corrected chi connectivity index (χ0v) is 10.4. The van der Waals surface area contributed by atoms with Gasteiger partial charge in [-0.05, 0) is 32.2 Å². The maximum atomic E-state index is 10.1.